The van der Waals surface area contributed by atoms with Crippen molar-refractivity contribution in [2.45, 2.75) is 6.42 Å². The second kappa shape index (κ2) is 7.21. The molecule has 7 nitrogen and oxygen atoms in total. The van der Waals surface area contributed by atoms with E-state index in [4.69, 9.17) is 16.0 Å². The molecule has 1 aliphatic heterocycles. The Bertz CT molecular complexity index is 878. The monoisotopic (exact) mass is 371 g/mol. The SMILES string of the molecule is O=C(Nc1ccc(Cl)cc1)N1CCCN(c2nc3ncccc3o2)CC1. The van der Waals surface area contributed by atoms with Crippen molar-refractivity contribution in [3.05, 3.63) is 47.6 Å². The van der Waals surface area contributed by atoms with E-state index in [1.807, 2.05) is 12.1 Å². The molecular formula is C18H18ClN5O2. The van der Waals surface area contributed by atoms with E-state index in [-0.39, 0.29) is 6.03 Å². The zero-order valence-corrected chi connectivity index (χ0v) is 14.8. The molecule has 26 heavy (non-hydrogen) atoms. The molecule has 0 atom stereocenters. The summed E-state index contributed by atoms with van der Waals surface area (Å²) in [5, 5.41) is 3.54. The van der Waals surface area contributed by atoms with Crippen LogP contribution >= 0.6 is 11.6 Å². The van der Waals surface area contributed by atoms with Crippen molar-refractivity contribution >= 4 is 40.6 Å². The van der Waals surface area contributed by atoms with Gasteiger partial charge in [0.25, 0.3) is 6.01 Å². The van der Waals surface area contributed by atoms with Crippen LogP contribution in [0, 0.1) is 0 Å². The molecule has 0 spiro atoms. The van der Waals surface area contributed by atoms with E-state index < -0.39 is 0 Å². The van der Waals surface area contributed by atoms with Gasteiger partial charge in [0.15, 0.2) is 5.58 Å². The summed E-state index contributed by atoms with van der Waals surface area (Å²) >= 11 is 5.87. The first kappa shape index (κ1) is 16.7. The number of aromatic nitrogens is 2. The Hall–Kier alpha value is -2.80. The minimum Gasteiger partial charge on any atom is -0.422 e. The minimum absolute atomic E-state index is 0.117. The van der Waals surface area contributed by atoms with Gasteiger partial charge in [-0.1, -0.05) is 11.6 Å². The Balaban J connectivity index is 1.41. The van der Waals surface area contributed by atoms with Crippen LogP contribution < -0.4 is 10.2 Å². The number of carbonyl (C=O) groups excluding carboxylic acids is 1. The zero-order valence-electron chi connectivity index (χ0n) is 14.1. The van der Waals surface area contributed by atoms with Crippen molar-refractivity contribution in [2.24, 2.45) is 0 Å². The number of pyridine rings is 1. The van der Waals surface area contributed by atoms with Crippen LogP contribution in [-0.4, -0.2) is 47.1 Å². The van der Waals surface area contributed by atoms with E-state index in [2.05, 4.69) is 20.2 Å². The summed E-state index contributed by atoms with van der Waals surface area (Å²) in [6, 6.07) is 11.2. The van der Waals surface area contributed by atoms with Gasteiger partial charge in [-0.05, 0) is 42.8 Å². The highest BCUT2D eigenvalue weighted by Gasteiger charge is 2.22. The van der Waals surface area contributed by atoms with Gasteiger partial charge < -0.3 is 19.5 Å². The number of oxazole rings is 1. The van der Waals surface area contributed by atoms with Gasteiger partial charge in [-0.3, -0.25) is 0 Å². The van der Waals surface area contributed by atoms with Crippen molar-refractivity contribution in [2.75, 3.05) is 36.4 Å². The second-order valence-corrected chi connectivity index (χ2v) is 6.52. The quantitative estimate of drug-likeness (QED) is 0.744. The number of nitrogens with one attached hydrogen (secondary N) is 1. The van der Waals surface area contributed by atoms with Gasteiger partial charge in [0, 0.05) is 43.1 Å². The summed E-state index contributed by atoms with van der Waals surface area (Å²) in [5.74, 6) is 0. The third kappa shape index (κ3) is 3.57. The number of fused-ring (bicyclic) bond motifs is 1. The Morgan fingerprint density at radius 1 is 1.12 bits per heavy atom. The Morgan fingerprint density at radius 3 is 2.77 bits per heavy atom. The van der Waals surface area contributed by atoms with Crippen LogP contribution in [0.2, 0.25) is 5.02 Å². The molecule has 0 unspecified atom stereocenters. The topological polar surface area (TPSA) is 74.5 Å². The Labute approximate surface area is 155 Å². The zero-order chi connectivity index (χ0) is 17.9. The smallest absolute Gasteiger partial charge is 0.321 e. The van der Waals surface area contributed by atoms with Crippen LogP contribution in [0.4, 0.5) is 16.5 Å². The molecule has 0 radical (unpaired) electrons. The molecule has 2 amide bonds. The maximum atomic E-state index is 12.5. The number of rotatable bonds is 2. The first-order valence-electron chi connectivity index (χ1n) is 8.47. The fraction of sp³-hybridized carbons (Fsp3) is 0.278. The van der Waals surface area contributed by atoms with E-state index >= 15 is 0 Å². The van der Waals surface area contributed by atoms with Crippen molar-refractivity contribution in [3.63, 3.8) is 0 Å². The predicted octanol–water partition coefficient (Wildman–Crippen LogP) is 3.62. The number of halogens is 1. The van der Waals surface area contributed by atoms with Crippen LogP contribution in [0.5, 0.6) is 0 Å². The normalized spacial score (nSPS) is 15.1. The standard InChI is InChI=1S/C18H18ClN5O2/c19-13-4-6-14(7-5-13)21-17(25)23-9-2-10-24(12-11-23)18-22-16-15(26-18)3-1-8-20-16/h1,3-8H,2,9-12H2,(H,21,25). The van der Waals surface area contributed by atoms with Crippen LogP contribution in [0.3, 0.4) is 0 Å². The maximum Gasteiger partial charge on any atom is 0.321 e. The van der Waals surface area contributed by atoms with E-state index in [0.717, 1.165) is 18.7 Å². The summed E-state index contributed by atoms with van der Waals surface area (Å²) in [4.78, 5) is 25.0. The molecule has 134 valence electrons. The number of urea groups is 1. The van der Waals surface area contributed by atoms with Crippen LogP contribution in [-0.2, 0) is 0 Å². The average molecular weight is 372 g/mol. The molecule has 3 aromatic rings. The van der Waals surface area contributed by atoms with E-state index in [1.54, 1.807) is 35.4 Å². The molecule has 0 bridgehead atoms. The number of anilines is 2. The predicted molar refractivity (Wildman–Crippen MR) is 101 cm³/mol. The van der Waals surface area contributed by atoms with Gasteiger partial charge in [-0.2, -0.15) is 4.98 Å². The number of benzene rings is 1. The van der Waals surface area contributed by atoms with Gasteiger partial charge in [-0.15, -0.1) is 0 Å². The largest absolute Gasteiger partial charge is 0.422 e. The summed E-state index contributed by atoms with van der Waals surface area (Å²) in [6.45, 7) is 2.69. The molecule has 1 aromatic carbocycles. The van der Waals surface area contributed by atoms with Crippen molar-refractivity contribution in [1.29, 1.82) is 0 Å². The maximum absolute atomic E-state index is 12.5. The molecule has 8 heteroatoms. The fourth-order valence-corrected chi connectivity index (χ4v) is 3.07. The average Bonchev–Trinajstić information content (AvgIpc) is 2.92. The molecular weight excluding hydrogens is 354 g/mol. The molecule has 3 heterocycles. The highest BCUT2D eigenvalue weighted by atomic mass is 35.5. The Morgan fingerprint density at radius 2 is 1.96 bits per heavy atom. The van der Waals surface area contributed by atoms with E-state index in [1.165, 1.54) is 0 Å². The molecule has 1 fully saturated rings. The highest BCUT2D eigenvalue weighted by molar-refractivity contribution is 6.30. The molecule has 4 rings (SSSR count). The van der Waals surface area contributed by atoms with Crippen LogP contribution in [0.15, 0.2) is 47.0 Å². The summed E-state index contributed by atoms with van der Waals surface area (Å²) < 4.78 is 5.79. The van der Waals surface area contributed by atoms with Crippen molar-refractivity contribution in [1.82, 2.24) is 14.9 Å². The molecule has 1 aliphatic rings. The first-order valence-corrected chi connectivity index (χ1v) is 8.85. The molecule has 1 N–H and O–H groups in total. The minimum atomic E-state index is -0.117. The van der Waals surface area contributed by atoms with Gasteiger partial charge in [0.2, 0.25) is 5.65 Å². The second-order valence-electron chi connectivity index (χ2n) is 6.09. The van der Waals surface area contributed by atoms with Gasteiger partial charge in [-0.25, -0.2) is 9.78 Å². The van der Waals surface area contributed by atoms with Gasteiger partial charge in [0.05, 0.1) is 0 Å². The van der Waals surface area contributed by atoms with Crippen molar-refractivity contribution in [3.8, 4) is 0 Å². The van der Waals surface area contributed by atoms with Crippen LogP contribution in [0.1, 0.15) is 6.42 Å². The highest BCUT2D eigenvalue weighted by Crippen LogP contribution is 2.21. The van der Waals surface area contributed by atoms with E-state index in [0.29, 0.717) is 41.9 Å². The fourth-order valence-electron chi connectivity index (χ4n) is 2.94. The first-order chi connectivity index (χ1) is 12.7. The number of hydrogen-bond donors (Lipinski definition) is 1. The molecule has 0 saturated carbocycles. The van der Waals surface area contributed by atoms with Gasteiger partial charge >= 0.3 is 6.03 Å². The van der Waals surface area contributed by atoms with Crippen molar-refractivity contribution < 1.29 is 9.21 Å². The third-order valence-corrected chi connectivity index (χ3v) is 4.55. The molecule has 2 aromatic heterocycles. The summed E-state index contributed by atoms with van der Waals surface area (Å²) in [5.41, 5.74) is 2.00. The van der Waals surface area contributed by atoms with Gasteiger partial charge in [0.1, 0.15) is 0 Å². The third-order valence-electron chi connectivity index (χ3n) is 4.30. The lowest BCUT2D eigenvalue weighted by Gasteiger charge is -2.21. The summed E-state index contributed by atoms with van der Waals surface area (Å²) in [6.07, 6.45) is 2.53. The lowest BCUT2D eigenvalue weighted by atomic mass is 10.3. The lowest BCUT2D eigenvalue weighted by molar-refractivity contribution is 0.215. The number of nitrogens with zero attached hydrogens (tertiary/aromatic N) is 4. The lowest BCUT2D eigenvalue weighted by Crippen LogP contribution is -2.38. The number of carbonyl (C=O) groups is 1. The molecule has 1 saturated heterocycles. The number of hydrogen-bond acceptors (Lipinski definition) is 5. The van der Waals surface area contributed by atoms with E-state index in [9.17, 15) is 4.79 Å². The number of amides is 2. The Kier molecular flexibility index (Phi) is 4.62. The van der Waals surface area contributed by atoms with Crippen LogP contribution in [0.25, 0.3) is 11.2 Å². The summed E-state index contributed by atoms with van der Waals surface area (Å²) in [7, 11) is 0. The molecule has 0 aliphatic carbocycles.